The fraction of sp³-hybridized carbons (Fsp3) is 0.500. The van der Waals surface area contributed by atoms with Crippen LogP contribution in [0, 0.1) is 11.8 Å². The fourth-order valence-corrected chi connectivity index (χ4v) is 5.18. The van der Waals surface area contributed by atoms with Gasteiger partial charge >= 0.3 is 0 Å². The van der Waals surface area contributed by atoms with Gasteiger partial charge in [-0.25, -0.2) is 0 Å². The average Bonchev–Trinajstić information content (AvgIpc) is 3.32. The van der Waals surface area contributed by atoms with E-state index in [-0.39, 0.29) is 30.2 Å². The second-order valence-electron chi connectivity index (χ2n) is 8.37. The molecule has 1 spiro atoms. The fourth-order valence-electron chi connectivity index (χ4n) is 5.18. The summed E-state index contributed by atoms with van der Waals surface area (Å²) in [5, 5.41) is 2.79. The summed E-state index contributed by atoms with van der Waals surface area (Å²) in [4.78, 5) is 41.9. The van der Waals surface area contributed by atoms with E-state index in [2.05, 4.69) is 5.32 Å². The highest BCUT2D eigenvalue weighted by atomic mass is 16.5. The molecule has 8 heteroatoms. The summed E-state index contributed by atoms with van der Waals surface area (Å²) in [6.07, 6.45) is 3.79. The molecule has 1 aromatic rings. The molecule has 4 aliphatic rings. The molecule has 3 amide bonds. The van der Waals surface area contributed by atoms with Crippen molar-refractivity contribution >= 4 is 17.7 Å². The van der Waals surface area contributed by atoms with Crippen molar-refractivity contribution in [3.05, 3.63) is 42.0 Å². The van der Waals surface area contributed by atoms with Crippen LogP contribution in [0.1, 0.15) is 12.0 Å². The van der Waals surface area contributed by atoms with Crippen molar-refractivity contribution in [2.24, 2.45) is 11.8 Å². The Kier molecular flexibility index (Phi) is 4.54. The number of amides is 3. The molecule has 3 saturated heterocycles. The Morgan fingerprint density at radius 1 is 1.33 bits per heavy atom. The molecule has 30 heavy (non-hydrogen) atoms. The summed E-state index contributed by atoms with van der Waals surface area (Å²) in [5.41, 5.74) is 0.235. The predicted octanol–water partition coefficient (Wildman–Crippen LogP) is 0.326. The van der Waals surface area contributed by atoms with Crippen molar-refractivity contribution in [1.29, 1.82) is 0 Å². The second kappa shape index (κ2) is 7.12. The maximum atomic E-state index is 13.4. The summed E-state index contributed by atoms with van der Waals surface area (Å²) in [7, 11) is 1.61. The summed E-state index contributed by atoms with van der Waals surface area (Å²) in [6.45, 7) is 2.14. The predicted molar refractivity (Wildman–Crippen MR) is 106 cm³/mol. The third-order valence-corrected chi connectivity index (χ3v) is 6.60. The van der Waals surface area contributed by atoms with E-state index >= 15 is 0 Å². The van der Waals surface area contributed by atoms with Gasteiger partial charge in [-0.1, -0.05) is 24.3 Å². The number of carbonyl (C=O) groups excluding carboxylic acids is 3. The second-order valence-corrected chi connectivity index (χ2v) is 8.37. The van der Waals surface area contributed by atoms with Gasteiger partial charge in [-0.05, 0) is 17.7 Å². The van der Waals surface area contributed by atoms with Crippen LogP contribution in [-0.2, 0) is 25.7 Å². The first-order valence-electron chi connectivity index (χ1n) is 10.4. The van der Waals surface area contributed by atoms with Crippen LogP contribution in [0.15, 0.2) is 36.4 Å². The Morgan fingerprint density at radius 3 is 3.03 bits per heavy atom. The zero-order valence-electron chi connectivity index (χ0n) is 16.9. The number of nitrogens with one attached hydrogen (secondary N) is 1. The first-order valence-corrected chi connectivity index (χ1v) is 10.4. The third kappa shape index (κ3) is 2.98. The Hall–Kier alpha value is -2.87. The molecule has 0 saturated carbocycles. The first-order chi connectivity index (χ1) is 14.5. The lowest BCUT2D eigenvalue weighted by Gasteiger charge is -2.29. The van der Waals surface area contributed by atoms with Crippen LogP contribution in [0.4, 0.5) is 0 Å². The van der Waals surface area contributed by atoms with Crippen LogP contribution >= 0.6 is 0 Å². The van der Waals surface area contributed by atoms with Gasteiger partial charge in [-0.3, -0.25) is 14.4 Å². The summed E-state index contributed by atoms with van der Waals surface area (Å²) in [6, 6.07) is 7.64. The minimum Gasteiger partial charge on any atom is -0.497 e. The molecule has 0 radical (unpaired) electrons. The molecule has 0 aliphatic carbocycles. The van der Waals surface area contributed by atoms with Gasteiger partial charge in [0.2, 0.25) is 17.7 Å². The number of nitrogens with zero attached hydrogens (tertiary/aromatic N) is 2. The highest BCUT2D eigenvalue weighted by molar-refractivity contribution is 5.93. The van der Waals surface area contributed by atoms with E-state index in [1.54, 1.807) is 16.9 Å². The quantitative estimate of drug-likeness (QED) is 0.722. The molecule has 4 aliphatic heterocycles. The number of hydrogen-bond acceptors (Lipinski definition) is 5. The van der Waals surface area contributed by atoms with Crippen molar-refractivity contribution < 1.29 is 23.9 Å². The van der Waals surface area contributed by atoms with Crippen molar-refractivity contribution in [2.45, 2.75) is 24.7 Å². The highest BCUT2D eigenvalue weighted by Gasteiger charge is 2.67. The topological polar surface area (TPSA) is 88.2 Å². The monoisotopic (exact) mass is 411 g/mol. The van der Waals surface area contributed by atoms with E-state index in [1.165, 1.54) is 0 Å². The lowest BCUT2D eigenvalue weighted by Crippen LogP contribution is -2.47. The van der Waals surface area contributed by atoms with Gasteiger partial charge in [-0.2, -0.15) is 0 Å². The molecule has 3 fully saturated rings. The van der Waals surface area contributed by atoms with Crippen molar-refractivity contribution in [1.82, 2.24) is 15.1 Å². The summed E-state index contributed by atoms with van der Waals surface area (Å²) < 4.78 is 11.5. The van der Waals surface area contributed by atoms with Crippen LogP contribution in [0.5, 0.6) is 5.75 Å². The van der Waals surface area contributed by atoms with Gasteiger partial charge in [0, 0.05) is 32.6 Å². The van der Waals surface area contributed by atoms with Gasteiger partial charge in [0.25, 0.3) is 0 Å². The number of fused-ring (bicyclic) bond motifs is 1. The lowest BCUT2D eigenvalue weighted by atomic mass is 9.76. The van der Waals surface area contributed by atoms with E-state index < -0.39 is 17.4 Å². The Labute approximate surface area is 174 Å². The Morgan fingerprint density at radius 2 is 2.20 bits per heavy atom. The van der Waals surface area contributed by atoms with Crippen LogP contribution < -0.4 is 10.1 Å². The minimum absolute atomic E-state index is 0.0488. The minimum atomic E-state index is -0.735. The van der Waals surface area contributed by atoms with Crippen molar-refractivity contribution in [3.8, 4) is 5.75 Å². The number of carbonyl (C=O) groups is 3. The molecule has 5 rings (SSSR count). The molecule has 2 bridgehead atoms. The zero-order valence-corrected chi connectivity index (χ0v) is 16.9. The van der Waals surface area contributed by atoms with Gasteiger partial charge in [-0.15, -0.1) is 0 Å². The summed E-state index contributed by atoms with van der Waals surface area (Å²) >= 11 is 0. The number of hydrogen-bond donors (Lipinski definition) is 1. The molecule has 0 aromatic heterocycles. The molecule has 8 nitrogen and oxygen atoms in total. The van der Waals surface area contributed by atoms with Gasteiger partial charge in [0.15, 0.2) is 0 Å². The maximum Gasteiger partial charge on any atom is 0.230 e. The molecule has 1 N–H and O–H groups in total. The van der Waals surface area contributed by atoms with Crippen LogP contribution in [-0.4, -0.2) is 72.5 Å². The third-order valence-electron chi connectivity index (χ3n) is 6.60. The van der Waals surface area contributed by atoms with Gasteiger partial charge in [0.05, 0.1) is 31.6 Å². The molecule has 1 aromatic carbocycles. The lowest BCUT2D eigenvalue weighted by molar-refractivity contribution is -0.143. The van der Waals surface area contributed by atoms with Gasteiger partial charge < -0.3 is 24.6 Å². The molecule has 158 valence electrons. The van der Waals surface area contributed by atoms with Gasteiger partial charge in [0.1, 0.15) is 11.4 Å². The van der Waals surface area contributed by atoms with Crippen molar-refractivity contribution in [3.63, 3.8) is 0 Å². The average molecular weight is 411 g/mol. The van der Waals surface area contributed by atoms with E-state index in [9.17, 15) is 14.4 Å². The smallest absolute Gasteiger partial charge is 0.230 e. The van der Waals surface area contributed by atoms with Crippen LogP contribution in [0.25, 0.3) is 0 Å². The van der Waals surface area contributed by atoms with E-state index in [1.807, 2.05) is 36.4 Å². The van der Waals surface area contributed by atoms with Crippen LogP contribution in [0.2, 0.25) is 0 Å². The number of methoxy groups -OCH3 is 1. The normalized spacial score (nSPS) is 32.2. The standard InChI is InChI=1S/C22H25N3O5/c1-29-15-4-2-3-14(11-15)12-25-13-22-7-5-16(30-22)18(19(22)21(25)28)20(27)24-9-6-17(26)23-8-10-24/h2-5,7,11,16,18-19H,6,8-10,12-13H2,1H3,(H,23,26)/t16-,18+,19-,22-/m0/s1. The zero-order chi connectivity index (χ0) is 20.9. The molecule has 4 heterocycles. The van der Waals surface area contributed by atoms with Crippen LogP contribution in [0.3, 0.4) is 0 Å². The molecular formula is C22H25N3O5. The molecular weight excluding hydrogens is 386 g/mol. The largest absolute Gasteiger partial charge is 0.497 e. The van der Waals surface area contributed by atoms with Crippen molar-refractivity contribution in [2.75, 3.05) is 33.3 Å². The number of benzene rings is 1. The van der Waals surface area contributed by atoms with E-state index in [0.717, 1.165) is 11.3 Å². The molecule has 4 atom stereocenters. The molecule has 0 unspecified atom stereocenters. The Bertz CT molecular complexity index is 931. The number of ether oxygens (including phenoxy) is 2. The Balaban J connectivity index is 1.37. The van der Waals surface area contributed by atoms with E-state index in [0.29, 0.717) is 32.7 Å². The van der Waals surface area contributed by atoms with E-state index in [4.69, 9.17) is 9.47 Å². The maximum absolute atomic E-state index is 13.4. The number of likely N-dealkylation sites (tertiary alicyclic amines) is 1. The highest BCUT2D eigenvalue weighted by Crippen LogP contribution is 2.52. The number of rotatable bonds is 4. The first kappa shape index (κ1) is 19.1. The summed E-state index contributed by atoms with van der Waals surface area (Å²) in [5.74, 6) is -0.501. The SMILES string of the molecule is COc1cccc(CN2C[C@]34C=C[C@H](O3)[C@@H](C(=O)N3CCNC(=O)CC3)[C@H]4C2=O)c1.